The molecule has 2 rings (SSSR count). The summed E-state index contributed by atoms with van der Waals surface area (Å²) in [7, 11) is 0. The summed E-state index contributed by atoms with van der Waals surface area (Å²) in [6, 6.07) is 5.16. The van der Waals surface area contributed by atoms with Crippen LogP contribution in [0.4, 0.5) is 0 Å². The summed E-state index contributed by atoms with van der Waals surface area (Å²) >= 11 is 5.89. The molecule has 96 valence electrons. The van der Waals surface area contributed by atoms with Gasteiger partial charge in [-0.05, 0) is 36.6 Å². The van der Waals surface area contributed by atoms with Gasteiger partial charge in [-0.1, -0.05) is 17.7 Å². The Morgan fingerprint density at radius 3 is 2.94 bits per heavy atom. The maximum atomic E-state index is 11.9. The molecule has 0 bridgehead atoms. The third-order valence-electron chi connectivity index (χ3n) is 3.09. The van der Waals surface area contributed by atoms with Crippen LogP contribution in [-0.4, -0.2) is 23.0 Å². The number of rotatable bonds is 4. The van der Waals surface area contributed by atoms with E-state index in [2.05, 4.69) is 5.32 Å². The van der Waals surface area contributed by atoms with Crippen molar-refractivity contribution in [1.82, 2.24) is 5.32 Å². The monoisotopic (exact) mass is 267 g/mol. The molecule has 1 aliphatic rings. The molecule has 2 N–H and O–H groups in total. The lowest BCUT2D eigenvalue weighted by Crippen LogP contribution is -2.41. The van der Waals surface area contributed by atoms with Crippen molar-refractivity contribution >= 4 is 23.5 Å². The largest absolute Gasteiger partial charge is 0.481 e. The molecule has 2 atom stereocenters. The summed E-state index contributed by atoms with van der Waals surface area (Å²) in [4.78, 5) is 22.5. The lowest BCUT2D eigenvalue weighted by molar-refractivity contribution is -0.137. The first-order chi connectivity index (χ1) is 8.47. The first-order valence-electron chi connectivity index (χ1n) is 5.78. The molecule has 0 heterocycles. The summed E-state index contributed by atoms with van der Waals surface area (Å²) in [5.41, 5.74) is 2.08. The number of halogens is 1. The lowest BCUT2D eigenvalue weighted by Gasteiger charge is -2.30. The van der Waals surface area contributed by atoms with Crippen LogP contribution in [0.3, 0.4) is 0 Å². The highest BCUT2D eigenvalue weighted by atomic mass is 35.5. The van der Waals surface area contributed by atoms with E-state index in [1.54, 1.807) is 13.0 Å². The number of carboxylic acid groups (broad SMARTS) is 1. The SMILES string of the molecule is CC(CC(=O)O)NC(=O)C1Cc2ccc(Cl)cc21. The van der Waals surface area contributed by atoms with Crippen LogP contribution in [0.15, 0.2) is 18.2 Å². The van der Waals surface area contributed by atoms with E-state index < -0.39 is 5.97 Å². The van der Waals surface area contributed by atoms with Crippen molar-refractivity contribution in [3.8, 4) is 0 Å². The second-order valence-corrected chi connectivity index (χ2v) is 5.04. The van der Waals surface area contributed by atoms with Crippen molar-refractivity contribution in [1.29, 1.82) is 0 Å². The minimum Gasteiger partial charge on any atom is -0.481 e. The van der Waals surface area contributed by atoms with Gasteiger partial charge in [0.25, 0.3) is 0 Å². The highest BCUT2D eigenvalue weighted by Crippen LogP contribution is 2.36. The van der Waals surface area contributed by atoms with Crippen molar-refractivity contribution in [3.63, 3.8) is 0 Å². The molecule has 0 aromatic heterocycles. The molecule has 0 spiro atoms. The molecule has 0 radical (unpaired) electrons. The van der Waals surface area contributed by atoms with Gasteiger partial charge in [0.15, 0.2) is 0 Å². The summed E-state index contributed by atoms with van der Waals surface area (Å²) in [5, 5.41) is 12.0. The Hall–Kier alpha value is -1.55. The number of benzene rings is 1. The van der Waals surface area contributed by atoms with E-state index in [1.807, 2.05) is 12.1 Å². The molecule has 4 nitrogen and oxygen atoms in total. The zero-order chi connectivity index (χ0) is 13.3. The zero-order valence-electron chi connectivity index (χ0n) is 9.94. The number of carboxylic acids is 1. The van der Waals surface area contributed by atoms with E-state index in [4.69, 9.17) is 16.7 Å². The Morgan fingerprint density at radius 1 is 1.56 bits per heavy atom. The third kappa shape index (κ3) is 2.64. The van der Waals surface area contributed by atoms with Gasteiger partial charge in [-0.3, -0.25) is 9.59 Å². The van der Waals surface area contributed by atoms with E-state index in [9.17, 15) is 9.59 Å². The van der Waals surface area contributed by atoms with Crippen LogP contribution in [0.25, 0.3) is 0 Å². The molecule has 1 aromatic rings. The Bertz CT molecular complexity index is 501. The molecular formula is C13H14ClNO3. The molecule has 2 unspecified atom stereocenters. The lowest BCUT2D eigenvalue weighted by atomic mass is 9.77. The number of hydrogen-bond donors (Lipinski definition) is 2. The molecule has 0 saturated heterocycles. The molecular weight excluding hydrogens is 254 g/mol. The number of carbonyl (C=O) groups is 2. The molecule has 0 aliphatic heterocycles. The fourth-order valence-electron chi connectivity index (χ4n) is 2.17. The summed E-state index contributed by atoms with van der Waals surface area (Å²) in [5.74, 6) is -1.24. The number of fused-ring (bicyclic) bond motifs is 1. The standard InChI is InChI=1S/C13H14ClNO3/c1-7(4-12(16)17)15-13(18)11-5-8-2-3-9(14)6-10(8)11/h2-3,6-7,11H,4-5H2,1H3,(H,15,18)(H,16,17). The van der Waals surface area contributed by atoms with Crippen LogP contribution < -0.4 is 5.32 Å². The third-order valence-corrected chi connectivity index (χ3v) is 3.33. The Balaban J connectivity index is 1.98. The predicted octanol–water partition coefficient (Wildman–Crippen LogP) is 1.96. The van der Waals surface area contributed by atoms with Gasteiger partial charge < -0.3 is 10.4 Å². The van der Waals surface area contributed by atoms with Crippen molar-refractivity contribution in [3.05, 3.63) is 34.3 Å². The van der Waals surface area contributed by atoms with Gasteiger partial charge in [-0.2, -0.15) is 0 Å². The van der Waals surface area contributed by atoms with Gasteiger partial charge in [-0.25, -0.2) is 0 Å². The molecule has 0 fully saturated rings. The summed E-state index contributed by atoms with van der Waals surface area (Å²) < 4.78 is 0. The second kappa shape index (κ2) is 4.98. The number of hydrogen-bond acceptors (Lipinski definition) is 2. The highest BCUT2D eigenvalue weighted by molar-refractivity contribution is 6.30. The quantitative estimate of drug-likeness (QED) is 0.876. The van der Waals surface area contributed by atoms with Crippen LogP contribution >= 0.6 is 11.6 Å². The average Bonchev–Trinajstić information content (AvgIpc) is 2.21. The minimum atomic E-state index is -0.917. The van der Waals surface area contributed by atoms with E-state index in [1.165, 1.54) is 0 Å². The molecule has 0 saturated carbocycles. The summed E-state index contributed by atoms with van der Waals surface area (Å²) in [6.07, 6.45) is 0.624. The van der Waals surface area contributed by atoms with Crippen LogP contribution in [0, 0.1) is 0 Å². The van der Waals surface area contributed by atoms with Crippen LogP contribution in [0.2, 0.25) is 5.02 Å². The minimum absolute atomic E-state index is 0.0686. The van der Waals surface area contributed by atoms with Gasteiger partial charge >= 0.3 is 5.97 Å². The van der Waals surface area contributed by atoms with Crippen LogP contribution in [0.1, 0.15) is 30.4 Å². The van der Waals surface area contributed by atoms with E-state index in [0.717, 1.165) is 11.1 Å². The Kier molecular flexibility index (Phi) is 3.57. The van der Waals surface area contributed by atoms with Crippen molar-refractivity contribution in [2.45, 2.75) is 31.7 Å². The topological polar surface area (TPSA) is 66.4 Å². The highest BCUT2D eigenvalue weighted by Gasteiger charge is 2.32. The van der Waals surface area contributed by atoms with Crippen molar-refractivity contribution in [2.75, 3.05) is 0 Å². The number of carbonyl (C=O) groups excluding carboxylic acids is 1. The first-order valence-corrected chi connectivity index (χ1v) is 6.15. The second-order valence-electron chi connectivity index (χ2n) is 4.61. The van der Waals surface area contributed by atoms with Gasteiger partial charge in [0, 0.05) is 11.1 Å². The molecule has 1 aromatic carbocycles. The van der Waals surface area contributed by atoms with Gasteiger partial charge in [0.1, 0.15) is 0 Å². The maximum Gasteiger partial charge on any atom is 0.305 e. The Morgan fingerprint density at radius 2 is 2.28 bits per heavy atom. The smallest absolute Gasteiger partial charge is 0.305 e. The molecule has 1 amide bonds. The Labute approximate surface area is 110 Å². The molecule has 18 heavy (non-hydrogen) atoms. The zero-order valence-corrected chi connectivity index (χ0v) is 10.7. The fourth-order valence-corrected chi connectivity index (χ4v) is 2.35. The van der Waals surface area contributed by atoms with Crippen LogP contribution in [0.5, 0.6) is 0 Å². The number of amides is 1. The van der Waals surface area contributed by atoms with Gasteiger partial charge in [0.2, 0.25) is 5.91 Å². The maximum absolute atomic E-state index is 11.9. The molecule has 5 heteroatoms. The van der Waals surface area contributed by atoms with Crippen molar-refractivity contribution < 1.29 is 14.7 Å². The van der Waals surface area contributed by atoms with Crippen LogP contribution in [-0.2, 0) is 16.0 Å². The fraction of sp³-hybridized carbons (Fsp3) is 0.385. The van der Waals surface area contributed by atoms with Gasteiger partial charge in [0.05, 0.1) is 12.3 Å². The van der Waals surface area contributed by atoms with Gasteiger partial charge in [-0.15, -0.1) is 0 Å². The van der Waals surface area contributed by atoms with E-state index >= 15 is 0 Å². The number of nitrogens with one attached hydrogen (secondary N) is 1. The van der Waals surface area contributed by atoms with Crippen molar-refractivity contribution in [2.24, 2.45) is 0 Å². The van der Waals surface area contributed by atoms with E-state index in [-0.39, 0.29) is 24.3 Å². The first kappa shape index (κ1) is 12.9. The number of aliphatic carboxylic acids is 1. The average molecular weight is 268 g/mol. The predicted molar refractivity (Wildman–Crippen MR) is 67.8 cm³/mol. The normalized spacial score (nSPS) is 18.4. The summed E-state index contributed by atoms with van der Waals surface area (Å²) in [6.45, 7) is 1.68. The molecule has 1 aliphatic carbocycles. The van der Waals surface area contributed by atoms with E-state index in [0.29, 0.717) is 11.4 Å².